The van der Waals surface area contributed by atoms with Gasteiger partial charge in [0.25, 0.3) is 26.4 Å². The van der Waals surface area contributed by atoms with Crippen molar-refractivity contribution in [1.29, 1.82) is 0 Å². The molecule has 42 nitrogen and oxygen atoms in total. The summed E-state index contributed by atoms with van der Waals surface area (Å²) in [6.45, 7) is 29.5. The van der Waals surface area contributed by atoms with E-state index in [1.54, 1.807) is 60.1 Å². The molecule has 4 aromatic rings. The Kier molecular flexibility index (Phi) is 45.1. The van der Waals surface area contributed by atoms with Gasteiger partial charge in [-0.2, -0.15) is 28.9 Å². The highest BCUT2D eigenvalue weighted by Gasteiger charge is 2.47. The molecule has 6 unspecified atom stereocenters. The number of carbonyl (C=O) groups excluding carboxylic acids is 2. The van der Waals surface area contributed by atoms with Crippen LogP contribution < -0.4 is 36.9 Å². The van der Waals surface area contributed by atoms with Crippen molar-refractivity contribution in [3.05, 3.63) is 152 Å². The Bertz CT molecular complexity index is 6420. The van der Waals surface area contributed by atoms with Gasteiger partial charge in [-0.3, -0.25) is 24.0 Å². The number of ether oxygens (including phenoxy) is 7. The van der Waals surface area contributed by atoms with Crippen LogP contribution in [0.25, 0.3) is 33.4 Å². The number of rotatable bonds is 48. The Morgan fingerprint density at radius 1 is 0.614 bits per heavy atom. The van der Waals surface area contributed by atoms with Crippen molar-refractivity contribution in [2.75, 3.05) is 75.6 Å². The molecular weight excluding hydrogens is 2190 g/mol. The van der Waals surface area contributed by atoms with E-state index in [1.165, 1.54) is 114 Å². The van der Waals surface area contributed by atoms with E-state index >= 15 is 0 Å². The number of fused-ring (bicyclic) bond motifs is 4. The van der Waals surface area contributed by atoms with Gasteiger partial charge in [0, 0.05) is 107 Å². The van der Waals surface area contributed by atoms with Gasteiger partial charge in [-0.25, -0.2) is 50.4 Å². The number of hydrogen-bond donors (Lipinski definition) is 15. The Morgan fingerprint density at radius 2 is 1.10 bits per heavy atom. The second-order valence-corrected chi connectivity index (χ2v) is 58.0. The third kappa shape index (κ3) is 38.7. The van der Waals surface area contributed by atoms with Crippen LogP contribution in [0.4, 0.5) is 5.69 Å². The van der Waals surface area contributed by atoms with Crippen LogP contribution in [0.2, 0.25) is 0 Å². The number of aromatic carboxylic acids is 2. The Balaban J connectivity index is 0.000000323. The summed E-state index contributed by atoms with van der Waals surface area (Å²) >= 11 is 0. The minimum Gasteiger partial charge on any atom is -0.744 e. The molecule has 0 bridgehead atoms. The van der Waals surface area contributed by atoms with Gasteiger partial charge in [0.2, 0.25) is 11.1 Å². The van der Waals surface area contributed by atoms with Gasteiger partial charge in [-0.15, -0.1) is 0 Å². The summed E-state index contributed by atoms with van der Waals surface area (Å²) < 4.78 is 179. The number of nitrogens with two attached hydrogens (primary N) is 2. The van der Waals surface area contributed by atoms with Crippen molar-refractivity contribution >= 4 is 204 Å². The maximum Gasteiger partial charge on any atom is 0.490 e. The van der Waals surface area contributed by atoms with Crippen LogP contribution in [0, 0.1) is 43.2 Å². The van der Waals surface area contributed by atoms with Gasteiger partial charge in [0.15, 0.2) is 5.58 Å². The molecule has 2 amide bonds. The molecule has 2 radical (unpaired) electrons. The number of aryl methyl sites for hydroxylation is 2. The first-order valence-corrected chi connectivity index (χ1v) is 63.7. The van der Waals surface area contributed by atoms with E-state index in [4.69, 9.17) is 77.3 Å². The molecule has 10 rings (SSSR count). The molecule has 2 fully saturated rings. The summed E-state index contributed by atoms with van der Waals surface area (Å²) in [7, 11) is -23.8. The van der Waals surface area contributed by atoms with Crippen LogP contribution in [0.1, 0.15) is 184 Å². The normalized spacial score (nSPS) is 20.2. The van der Waals surface area contributed by atoms with E-state index in [9.17, 15) is 89.3 Å². The maximum atomic E-state index is 13.6. The van der Waals surface area contributed by atoms with Crippen molar-refractivity contribution in [2.24, 2.45) is 5.92 Å². The van der Waals surface area contributed by atoms with E-state index < -0.39 is 145 Å². The van der Waals surface area contributed by atoms with Crippen LogP contribution >= 0.6 is 133 Å². The van der Waals surface area contributed by atoms with Gasteiger partial charge in [0.05, 0.1) is 47.8 Å². The number of hydrogen-bond acceptors (Lipinski definition) is 36. The second kappa shape index (κ2) is 53.1. The summed E-state index contributed by atoms with van der Waals surface area (Å²) in [4.78, 5) is 130. The molecule has 145 heavy (non-hydrogen) atoms. The van der Waals surface area contributed by atoms with Crippen LogP contribution in [0.5, 0.6) is 5.75 Å². The predicted molar refractivity (Wildman–Crippen MR) is 558 cm³/mol. The predicted octanol–water partition coefficient (Wildman–Crippen LogP) is 12.5. The molecule has 6 aliphatic rings. The highest BCUT2D eigenvalue weighted by atomic mass is 33.1. The first kappa shape index (κ1) is 123. The lowest BCUT2D eigenvalue weighted by Gasteiger charge is -2.37. The van der Waals surface area contributed by atoms with Crippen molar-refractivity contribution < 1.29 is 183 Å². The zero-order valence-corrected chi connectivity index (χ0v) is 93.7. The van der Waals surface area contributed by atoms with Gasteiger partial charge in [0.1, 0.15) is 88.0 Å². The lowest BCUT2D eigenvalue weighted by Crippen LogP contribution is -2.72. The van der Waals surface area contributed by atoms with Crippen molar-refractivity contribution in [3.63, 3.8) is 0 Å². The molecule has 17 N–H and O–H groups in total. The van der Waals surface area contributed by atoms with Gasteiger partial charge in [-0.1, -0.05) is 177 Å². The minimum atomic E-state index is -5.72. The number of amides is 2. The fraction of sp³-hybridized carbons (Fsp3) is 0.488. The van der Waals surface area contributed by atoms with Gasteiger partial charge < -0.3 is 108 Å². The monoisotopic (exact) mass is 2300 g/mol. The number of carboxylic acid groups (broad SMARTS) is 2. The van der Waals surface area contributed by atoms with Crippen LogP contribution in [0.3, 0.4) is 0 Å². The summed E-state index contributed by atoms with van der Waals surface area (Å²) in [5.41, 5.74) is 12.0. The third-order valence-corrected chi connectivity index (χ3v) is 41.1. The van der Waals surface area contributed by atoms with E-state index in [-0.39, 0.29) is 145 Å². The lowest BCUT2D eigenvalue weighted by molar-refractivity contribution is -0.451. The highest BCUT2D eigenvalue weighted by molar-refractivity contribution is 8.78. The van der Waals surface area contributed by atoms with Crippen molar-refractivity contribution in [3.8, 4) is 51.7 Å². The number of benzene rings is 5. The largest absolute Gasteiger partial charge is 0.744 e. The molecule has 4 heterocycles. The first-order valence-electron chi connectivity index (χ1n) is 43.9. The quantitative estimate of drug-likeness (QED) is 0.00194. The Hall–Kier alpha value is -5.26. The summed E-state index contributed by atoms with van der Waals surface area (Å²) in [6, 6.07) is 17.6. The zero-order chi connectivity index (χ0) is 108. The molecule has 0 saturated carbocycles. The van der Waals surface area contributed by atoms with Gasteiger partial charge >= 0.3 is 58.9 Å². The number of phosphoric acid groups is 6. The molecule has 794 valence electrons. The number of carbonyl (C=O) groups is 4. The standard InChI is InChI=1S/C46H63BN2O17P3S4.C40H50BN3O20P3S5/c1-10-13-30-21-37-34(18-28(30)3)42(35-19-29(4)36(48-11-2)22-38(35)63-37)32-15-14-31(20-33(32)44(51)52)43(50)49-25-46(8,9)73-70-26-60-17-12-16-47-41-23-39(61-27-71-72-45(5,6)7)40(64-41)24-62-68(56,57)66-69(58,59)65-67(53,54)55;1-22-28(42)12-10-25-33(26-11-13-29(43)36(72(55,56)57)35(26)62-34(22)25)24-9-8-23(16-27(24)38(46)47)37(45)44-19-40(5,6)71-68-20-58-15-7-14-41-32-17-30(59-21-69-70-39(2,3)4)31(61-32)18-60-66(51,52)64-67(53,54)63-65(48,49)50/h14-15,18-22,35,39-42H,10-11,13,17,23-27H2,1-9H3,(H,49,50)(H,51,52)(H,56,57)(H,58,59)(H2,53,54,55);8-13,16,30-32,42H,15,17-21,43H2,1-6H3,(H,44,45)(H,46,47)(H,51,52)(H,53,54)(H2,48,49,50)(H,55,56,57)/p+1/t35?,39-,40-,41-,42?;30-,31-,32-/m11/s1. The lowest BCUT2D eigenvalue weighted by atomic mass is 9.71. The summed E-state index contributed by atoms with van der Waals surface area (Å²) in [5.74, 6) is 9.62. The second-order valence-electron chi connectivity index (χ2n) is 35.8. The van der Waals surface area contributed by atoms with E-state index in [0.29, 0.717) is 22.4 Å². The summed E-state index contributed by atoms with van der Waals surface area (Å²) in [5, 5.41) is 33.4. The number of allylic oxidation sites excluding steroid dienone is 3. The number of anilines is 1. The molecule has 4 aliphatic heterocycles. The smallest absolute Gasteiger partial charge is 0.490 e. The van der Waals surface area contributed by atoms with Gasteiger partial charge in [-0.05, 0) is 145 Å². The van der Waals surface area contributed by atoms with Crippen molar-refractivity contribution in [2.45, 2.75) is 196 Å². The third-order valence-electron chi connectivity index (χ3n) is 20.6. The van der Waals surface area contributed by atoms with E-state index in [2.05, 4.69) is 88.4 Å². The van der Waals surface area contributed by atoms with Crippen LogP contribution in [-0.4, -0.2) is 232 Å². The van der Waals surface area contributed by atoms with E-state index in [1.807, 2.05) is 89.2 Å². The molecule has 59 heteroatoms. The number of nitrogens with one attached hydrogen (secondary N) is 3. The number of nitrogen functional groups attached to an aromatic ring is 1. The SMILES string of the molecule is CCCc1cc2c(cc1C)C(c1ccc(C(=O)NCC(C)(C)SSCOCC#C[B][C@H]3C[C@@H](OCSSC(C)(C)C)[C@@H](COP(=O)(O)OP(=O)(O)OP(=O)(O)O)O3)cc1C(=O)O)C1C=C(C)C(=[NH+]CC)C=C1O2.Cc1c2oc3c(S(=O)(=O)[O-])c(N)ccc3c(-c3ccc(C(=O)NCC(C)(C)SSCOCC#C[B][C@H]4C[C@@H](OCSSC(C)(C)C)[C@@H](COP(=O)(O)OP(=O)(O)OP(=O)(O)O)O4)cc3C(=O)O)c-2ccc1=[NH2+]. The maximum absolute atomic E-state index is 13.6. The molecule has 0 aromatic heterocycles. The van der Waals surface area contributed by atoms with Crippen LogP contribution in [-0.2, 0) is 98.6 Å². The average Bonchev–Trinajstić information content (AvgIpc) is 1.44. The highest BCUT2D eigenvalue weighted by Crippen LogP contribution is 2.68. The molecule has 12 atom stereocenters. The number of phosphoric ester groups is 2. The molecule has 2 aliphatic carbocycles. The molecule has 4 aromatic carbocycles. The fourth-order valence-electron chi connectivity index (χ4n) is 14.6. The molecular formula is C86H114B2N5O37P6S9+. The minimum absolute atomic E-state index is 0.00980. The summed E-state index contributed by atoms with van der Waals surface area (Å²) in [6.07, 6.45) is 3.15. The molecule has 2 saturated heterocycles. The molecule has 0 spiro atoms. The average molecular weight is 2310 g/mol. The van der Waals surface area contributed by atoms with Crippen LogP contribution in [0.15, 0.2) is 106 Å². The zero-order valence-electron chi connectivity index (χ0n) is 81.0. The topological polar surface area (TPSA) is 653 Å². The Morgan fingerprint density at radius 3 is 1.57 bits per heavy atom. The first-order chi connectivity index (χ1) is 67.4. The Labute approximate surface area is 871 Å². The van der Waals surface area contributed by atoms with E-state index in [0.717, 1.165) is 47.6 Å². The fourth-order valence-corrected chi connectivity index (χ4v) is 29.6. The van der Waals surface area contributed by atoms with Crippen molar-refractivity contribution in [1.82, 2.24) is 10.6 Å². The number of carboxylic acids is 2.